The second-order valence-corrected chi connectivity index (χ2v) is 20.3. The molecule has 0 spiro atoms. The average molecular weight is 936 g/mol. The number of aliphatic hydroxyl groups excluding tert-OH is 7. The van der Waals surface area contributed by atoms with Gasteiger partial charge in [-0.25, -0.2) is 4.57 Å². The summed E-state index contributed by atoms with van der Waals surface area (Å²) in [6.45, 7) is 3.77. The number of hydrogen-bond acceptors (Lipinski definition) is 11. The smallest absolute Gasteiger partial charge is 0.393 e. The van der Waals surface area contributed by atoms with E-state index in [-0.39, 0.29) is 6.42 Å². The number of phosphoric acid groups is 1. The maximum Gasteiger partial charge on any atom is 0.472 e. The van der Waals surface area contributed by atoms with Crippen LogP contribution in [0, 0.1) is 0 Å². The van der Waals surface area contributed by atoms with Gasteiger partial charge in [0.1, 0.15) is 36.6 Å². The van der Waals surface area contributed by atoms with Crippen LogP contribution in [-0.2, 0) is 18.4 Å². The van der Waals surface area contributed by atoms with Gasteiger partial charge in [0, 0.05) is 0 Å². The number of rotatable bonds is 44. The fraction of sp³-hybridized carbons (Fsp3) is 0.940. The molecule has 0 saturated heterocycles. The van der Waals surface area contributed by atoms with E-state index in [1.54, 1.807) is 6.08 Å². The predicted octanol–water partition coefficient (Wildman–Crippen LogP) is 9.76. The lowest BCUT2D eigenvalue weighted by Gasteiger charge is -2.41. The van der Waals surface area contributed by atoms with Gasteiger partial charge in [-0.05, 0) is 19.3 Å². The summed E-state index contributed by atoms with van der Waals surface area (Å²) >= 11 is 0. The largest absolute Gasteiger partial charge is 0.472 e. The highest BCUT2D eigenvalue weighted by molar-refractivity contribution is 7.47. The second-order valence-electron chi connectivity index (χ2n) is 18.9. The van der Waals surface area contributed by atoms with Gasteiger partial charge < -0.3 is 46.0 Å². The molecule has 1 saturated carbocycles. The van der Waals surface area contributed by atoms with E-state index in [2.05, 4.69) is 19.2 Å². The standard InChI is InChI=1S/C50H98NO12P/c1-3-5-7-9-11-13-15-17-19-20-21-22-24-26-28-30-32-34-36-38-43(53)42(40-62-64(60,61)63-50-48(58)46(56)45(55)47(57)49(50)59)51-44(54)39-41(52)37-35-33-31-29-27-25-23-18-16-14-12-10-8-6-4-2/h36,38,41-43,45-50,52-53,55-59H,3-35,37,39-40H2,1-2H3,(H,51,54)(H,60,61)/b38-36+. The molecule has 380 valence electrons. The maximum absolute atomic E-state index is 13.0. The first kappa shape index (κ1) is 61.1. The number of aliphatic hydroxyl groups is 7. The molecule has 1 aliphatic rings. The van der Waals surface area contributed by atoms with Crippen LogP contribution in [0.4, 0.5) is 0 Å². The van der Waals surface area contributed by atoms with Gasteiger partial charge in [0.05, 0.1) is 31.3 Å². The molecule has 0 bridgehead atoms. The SMILES string of the molecule is CCCCCCCCCCCCCCCCCCC/C=C/C(O)C(COP(=O)(O)OC1C(O)C(O)C(O)C(O)C1O)NC(=O)CC(O)CCCCCCCCCCCCCCCCC. The number of unbranched alkanes of at least 4 members (excludes halogenated alkanes) is 31. The molecule has 0 radical (unpaired) electrons. The molecule has 1 amide bonds. The molecule has 1 aliphatic carbocycles. The van der Waals surface area contributed by atoms with Crippen LogP contribution in [0.3, 0.4) is 0 Å². The minimum atomic E-state index is -5.14. The highest BCUT2D eigenvalue weighted by atomic mass is 31.2. The Bertz CT molecular complexity index is 1150. The zero-order valence-corrected chi connectivity index (χ0v) is 41.4. The van der Waals surface area contributed by atoms with Gasteiger partial charge in [-0.3, -0.25) is 13.8 Å². The Balaban J connectivity index is 2.48. The first-order valence-electron chi connectivity index (χ1n) is 26.2. The summed E-state index contributed by atoms with van der Waals surface area (Å²) < 4.78 is 22.9. The third-order valence-electron chi connectivity index (χ3n) is 12.9. The summed E-state index contributed by atoms with van der Waals surface area (Å²) in [5.74, 6) is -0.588. The number of hydrogen-bond donors (Lipinski definition) is 9. The summed E-state index contributed by atoms with van der Waals surface area (Å²) in [5.41, 5.74) is 0. The van der Waals surface area contributed by atoms with Crippen LogP contribution in [0.5, 0.6) is 0 Å². The molecule has 8 atom stereocenters. The van der Waals surface area contributed by atoms with E-state index in [0.29, 0.717) is 12.8 Å². The molecule has 0 heterocycles. The Kier molecular flexibility index (Phi) is 38.1. The molecule has 0 aromatic carbocycles. The third kappa shape index (κ3) is 31.2. The number of carbonyl (C=O) groups is 1. The number of nitrogens with one attached hydrogen (secondary N) is 1. The van der Waals surface area contributed by atoms with Gasteiger partial charge >= 0.3 is 7.82 Å². The van der Waals surface area contributed by atoms with Crippen LogP contribution >= 0.6 is 7.82 Å². The lowest BCUT2D eigenvalue weighted by molar-refractivity contribution is -0.220. The van der Waals surface area contributed by atoms with E-state index < -0.39 is 75.2 Å². The fourth-order valence-electron chi connectivity index (χ4n) is 8.60. The normalized spacial score (nSPS) is 22.7. The van der Waals surface area contributed by atoms with Crippen molar-refractivity contribution in [2.24, 2.45) is 0 Å². The van der Waals surface area contributed by atoms with Crippen molar-refractivity contribution in [3.8, 4) is 0 Å². The van der Waals surface area contributed by atoms with E-state index in [1.807, 2.05) is 0 Å². The highest BCUT2D eigenvalue weighted by Crippen LogP contribution is 2.47. The zero-order valence-electron chi connectivity index (χ0n) is 40.5. The van der Waals surface area contributed by atoms with Crippen molar-refractivity contribution in [1.82, 2.24) is 5.32 Å². The predicted molar refractivity (Wildman–Crippen MR) is 257 cm³/mol. The number of carbonyl (C=O) groups excluding carboxylic acids is 1. The van der Waals surface area contributed by atoms with Gasteiger partial charge in [0.2, 0.25) is 5.91 Å². The van der Waals surface area contributed by atoms with Crippen molar-refractivity contribution in [2.45, 2.75) is 293 Å². The summed E-state index contributed by atoms with van der Waals surface area (Å²) in [6, 6.07) is -1.24. The first-order chi connectivity index (χ1) is 30.8. The monoisotopic (exact) mass is 936 g/mol. The molecule has 0 aromatic heterocycles. The Labute approximate surface area is 389 Å². The number of amides is 1. The Morgan fingerprint density at radius 3 is 1.28 bits per heavy atom. The van der Waals surface area contributed by atoms with Crippen LogP contribution in [0.1, 0.15) is 239 Å². The molecule has 0 aromatic rings. The van der Waals surface area contributed by atoms with Gasteiger partial charge in [0.25, 0.3) is 0 Å². The molecular formula is C50H98NO12P. The molecule has 14 heteroatoms. The zero-order chi connectivity index (χ0) is 47.3. The highest BCUT2D eigenvalue weighted by Gasteiger charge is 2.51. The van der Waals surface area contributed by atoms with Crippen LogP contribution in [-0.4, -0.2) is 108 Å². The fourth-order valence-corrected chi connectivity index (χ4v) is 9.56. The molecule has 64 heavy (non-hydrogen) atoms. The van der Waals surface area contributed by atoms with E-state index in [0.717, 1.165) is 44.9 Å². The molecular weight excluding hydrogens is 838 g/mol. The molecule has 1 fully saturated rings. The first-order valence-corrected chi connectivity index (χ1v) is 27.7. The van der Waals surface area contributed by atoms with E-state index in [1.165, 1.54) is 167 Å². The third-order valence-corrected chi connectivity index (χ3v) is 13.9. The minimum Gasteiger partial charge on any atom is -0.393 e. The van der Waals surface area contributed by atoms with Gasteiger partial charge in [-0.15, -0.1) is 0 Å². The van der Waals surface area contributed by atoms with Crippen molar-refractivity contribution >= 4 is 13.7 Å². The van der Waals surface area contributed by atoms with E-state index in [9.17, 15) is 50.0 Å². The molecule has 0 aliphatic heterocycles. The molecule has 9 N–H and O–H groups in total. The van der Waals surface area contributed by atoms with Gasteiger partial charge in [-0.1, -0.05) is 225 Å². The van der Waals surface area contributed by atoms with Gasteiger partial charge in [-0.2, -0.15) is 0 Å². The van der Waals surface area contributed by atoms with Crippen molar-refractivity contribution in [3.63, 3.8) is 0 Å². The molecule has 13 nitrogen and oxygen atoms in total. The van der Waals surface area contributed by atoms with Crippen molar-refractivity contribution in [1.29, 1.82) is 0 Å². The van der Waals surface area contributed by atoms with E-state index >= 15 is 0 Å². The van der Waals surface area contributed by atoms with Crippen molar-refractivity contribution in [3.05, 3.63) is 12.2 Å². The molecule has 8 unspecified atom stereocenters. The van der Waals surface area contributed by atoms with Crippen LogP contribution in [0.15, 0.2) is 12.2 Å². The van der Waals surface area contributed by atoms with Crippen LogP contribution < -0.4 is 5.32 Å². The van der Waals surface area contributed by atoms with Crippen molar-refractivity contribution < 1.29 is 59.0 Å². The van der Waals surface area contributed by atoms with Crippen LogP contribution in [0.2, 0.25) is 0 Å². The quantitative estimate of drug-likeness (QED) is 0.0158. The number of allylic oxidation sites excluding steroid dienone is 1. The summed E-state index contributed by atoms with van der Waals surface area (Å²) in [6.07, 6.45) is 30.0. The Morgan fingerprint density at radius 1 is 0.547 bits per heavy atom. The Hall–Kier alpha value is -0.960. The molecule has 1 rings (SSSR count). The lowest BCUT2D eigenvalue weighted by atomic mass is 9.85. The lowest BCUT2D eigenvalue weighted by Crippen LogP contribution is -2.64. The second kappa shape index (κ2) is 40.0. The minimum absolute atomic E-state index is 0.239. The van der Waals surface area contributed by atoms with E-state index in [4.69, 9.17) is 9.05 Å². The van der Waals surface area contributed by atoms with Crippen molar-refractivity contribution in [2.75, 3.05) is 6.61 Å². The topological polar surface area (TPSA) is 226 Å². The average Bonchev–Trinajstić information content (AvgIpc) is 3.27. The van der Waals surface area contributed by atoms with Gasteiger partial charge in [0.15, 0.2) is 0 Å². The summed E-state index contributed by atoms with van der Waals surface area (Å²) in [5, 5.41) is 74.7. The Morgan fingerprint density at radius 2 is 0.891 bits per heavy atom. The summed E-state index contributed by atoms with van der Waals surface area (Å²) in [7, 11) is -5.14. The summed E-state index contributed by atoms with van der Waals surface area (Å²) in [4.78, 5) is 23.5. The maximum atomic E-state index is 13.0. The van der Waals surface area contributed by atoms with Crippen LogP contribution in [0.25, 0.3) is 0 Å². The number of phosphoric ester groups is 1.